The van der Waals surface area contributed by atoms with E-state index < -0.39 is 6.10 Å². The Morgan fingerprint density at radius 1 is 1.24 bits per heavy atom. The summed E-state index contributed by atoms with van der Waals surface area (Å²) >= 11 is 6.69. The summed E-state index contributed by atoms with van der Waals surface area (Å²) in [5.74, 6) is 1.18. The van der Waals surface area contributed by atoms with E-state index >= 15 is 0 Å². The number of carbonyl (C=O) groups excluding carboxylic acids is 1. The zero-order valence-electron chi connectivity index (χ0n) is 21.7. The summed E-state index contributed by atoms with van der Waals surface area (Å²) in [7, 11) is 1.88. The lowest BCUT2D eigenvalue weighted by atomic mass is 9.99. The van der Waals surface area contributed by atoms with Crippen LogP contribution in [0.5, 0.6) is 5.75 Å². The van der Waals surface area contributed by atoms with Crippen molar-refractivity contribution >= 4 is 23.3 Å². The van der Waals surface area contributed by atoms with Crippen LogP contribution in [0.3, 0.4) is 0 Å². The summed E-state index contributed by atoms with van der Waals surface area (Å²) in [6, 6.07) is 9.77. The van der Waals surface area contributed by atoms with Gasteiger partial charge in [-0.15, -0.1) is 0 Å². The molecule has 1 unspecified atom stereocenters. The Kier molecular flexibility index (Phi) is 8.46. The minimum absolute atomic E-state index is 0.178. The van der Waals surface area contributed by atoms with Gasteiger partial charge in [-0.1, -0.05) is 30.5 Å². The summed E-state index contributed by atoms with van der Waals surface area (Å²) in [6.45, 7) is 2.49. The molecule has 0 saturated heterocycles. The molecule has 1 aliphatic carbocycles. The van der Waals surface area contributed by atoms with E-state index in [1.54, 1.807) is 29.2 Å². The van der Waals surface area contributed by atoms with Gasteiger partial charge >= 0.3 is 0 Å². The maximum absolute atomic E-state index is 12.7. The van der Waals surface area contributed by atoms with E-state index in [1.807, 2.05) is 25.2 Å². The number of amides is 1. The van der Waals surface area contributed by atoms with E-state index in [2.05, 4.69) is 25.6 Å². The topological polar surface area (TPSA) is 105 Å². The normalized spacial score (nSPS) is 16.7. The number of hydrogen-bond donors (Lipinski definition) is 3. The quantitative estimate of drug-likeness (QED) is 0.362. The number of hydrogen-bond acceptors (Lipinski definition) is 7. The first kappa shape index (κ1) is 26.5. The van der Waals surface area contributed by atoms with Gasteiger partial charge < -0.3 is 20.5 Å². The highest BCUT2D eigenvalue weighted by atomic mass is 35.5. The van der Waals surface area contributed by atoms with Gasteiger partial charge in [0, 0.05) is 57.2 Å². The summed E-state index contributed by atoms with van der Waals surface area (Å²) in [6.07, 6.45) is 8.21. The second-order valence-corrected chi connectivity index (χ2v) is 10.5. The number of ether oxygens (including phenoxy) is 1. The minimum atomic E-state index is -0.685. The van der Waals surface area contributed by atoms with Crippen molar-refractivity contribution in [2.24, 2.45) is 7.05 Å². The minimum Gasteiger partial charge on any atom is -0.486 e. The highest BCUT2D eigenvalue weighted by Crippen LogP contribution is 2.34. The van der Waals surface area contributed by atoms with Crippen molar-refractivity contribution in [1.82, 2.24) is 25.0 Å². The molecule has 3 heterocycles. The van der Waals surface area contributed by atoms with E-state index in [4.69, 9.17) is 16.3 Å². The first-order valence-electron chi connectivity index (χ1n) is 13.3. The average Bonchev–Trinajstić information content (AvgIpc) is 3.58. The molecule has 2 aromatic heterocycles. The SMILES string of the molecule is Cn1nccc1COc1ccc2c(c1Cl)CCN(CC(O)CNC(=O)c1ccnc(NC3CCCC3)c1)C2. The lowest BCUT2D eigenvalue weighted by molar-refractivity contribution is 0.0841. The van der Waals surface area contributed by atoms with Crippen molar-refractivity contribution in [3.8, 4) is 5.75 Å². The molecule has 1 atom stereocenters. The van der Waals surface area contributed by atoms with E-state index in [0.717, 1.165) is 48.4 Å². The van der Waals surface area contributed by atoms with Crippen LogP contribution >= 0.6 is 11.6 Å². The summed E-state index contributed by atoms with van der Waals surface area (Å²) in [4.78, 5) is 19.2. The van der Waals surface area contributed by atoms with Gasteiger partial charge in [-0.05, 0) is 54.7 Å². The Morgan fingerprint density at radius 3 is 2.87 bits per heavy atom. The van der Waals surface area contributed by atoms with Crippen LogP contribution in [-0.2, 0) is 26.6 Å². The van der Waals surface area contributed by atoms with Crippen LogP contribution in [0, 0.1) is 0 Å². The highest BCUT2D eigenvalue weighted by Gasteiger charge is 2.23. The molecule has 5 rings (SSSR count). The first-order valence-corrected chi connectivity index (χ1v) is 13.6. The molecule has 38 heavy (non-hydrogen) atoms. The zero-order valence-corrected chi connectivity index (χ0v) is 22.5. The molecule has 2 aliphatic rings. The number of nitrogens with one attached hydrogen (secondary N) is 2. The van der Waals surface area contributed by atoms with E-state index in [0.29, 0.717) is 42.1 Å². The Balaban J connectivity index is 1.10. The maximum atomic E-state index is 12.7. The number of carbonyl (C=O) groups is 1. The molecule has 1 saturated carbocycles. The predicted molar refractivity (Wildman–Crippen MR) is 146 cm³/mol. The largest absolute Gasteiger partial charge is 0.486 e. The van der Waals surface area contributed by atoms with Crippen molar-refractivity contribution in [2.75, 3.05) is 25.0 Å². The van der Waals surface area contributed by atoms with E-state index in [-0.39, 0.29) is 12.5 Å². The molecule has 1 aliphatic heterocycles. The lowest BCUT2D eigenvalue weighted by Crippen LogP contribution is -2.42. The number of aryl methyl sites for hydroxylation is 1. The molecule has 1 amide bonds. The summed E-state index contributed by atoms with van der Waals surface area (Å²) in [5.41, 5.74) is 3.73. The number of anilines is 1. The number of aliphatic hydroxyl groups is 1. The van der Waals surface area contributed by atoms with Gasteiger partial charge in [-0.25, -0.2) is 4.98 Å². The lowest BCUT2D eigenvalue weighted by Gasteiger charge is -2.31. The fraction of sp³-hybridized carbons (Fsp3) is 0.464. The number of rotatable bonds is 10. The Hall–Kier alpha value is -3.14. The molecule has 10 heteroatoms. The molecular weight excluding hydrogens is 504 g/mol. The van der Waals surface area contributed by atoms with Gasteiger partial charge in [0.1, 0.15) is 18.2 Å². The van der Waals surface area contributed by atoms with Gasteiger partial charge in [0.25, 0.3) is 5.91 Å². The number of halogens is 1. The van der Waals surface area contributed by atoms with Crippen LogP contribution in [0.2, 0.25) is 5.02 Å². The third-order valence-corrected chi connectivity index (χ3v) is 7.79. The Labute approximate surface area is 228 Å². The predicted octanol–water partition coefficient (Wildman–Crippen LogP) is 3.55. The molecule has 202 valence electrons. The molecule has 0 spiro atoms. The third kappa shape index (κ3) is 6.46. The first-order chi connectivity index (χ1) is 18.5. The standard InChI is InChI=1S/C28H35ClN6O3/c1-34-22(9-12-32-34)18-38-25-7-6-20-16-35(13-10-24(20)27(25)29)17-23(36)15-31-28(37)19-8-11-30-26(14-19)33-21-4-2-3-5-21/h6-9,11-12,14,21,23,36H,2-5,10,13,15-18H2,1H3,(H,30,33)(H,31,37). The van der Waals surface area contributed by atoms with Crippen LogP contribution in [0.25, 0.3) is 0 Å². The zero-order chi connectivity index (χ0) is 26.5. The van der Waals surface area contributed by atoms with Crippen molar-refractivity contribution in [1.29, 1.82) is 0 Å². The van der Waals surface area contributed by atoms with Crippen molar-refractivity contribution in [2.45, 2.75) is 57.4 Å². The van der Waals surface area contributed by atoms with E-state index in [9.17, 15) is 9.90 Å². The number of nitrogens with zero attached hydrogens (tertiary/aromatic N) is 4. The molecule has 9 nitrogen and oxygen atoms in total. The van der Waals surface area contributed by atoms with Crippen LogP contribution in [0.15, 0.2) is 42.7 Å². The second-order valence-electron chi connectivity index (χ2n) is 10.2. The second kappa shape index (κ2) is 12.1. The molecule has 3 N–H and O–H groups in total. The number of fused-ring (bicyclic) bond motifs is 1. The van der Waals surface area contributed by atoms with Crippen LogP contribution in [0.1, 0.15) is 52.9 Å². The number of β-amino-alcohol motifs (C(OH)–C–C–N with tert-alkyl or cyclic N) is 1. The molecule has 1 aromatic carbocycles. The number of aliphatic hydroxyl groups excluding tert-OH is 1. The van der Waals surface area contributed by atoms with Crippen LogP contribution in [-0.4, -0.2) is 62.5 Å². The third-order valence-electron chi connectivity index (χ3n) is 7.37. The Morgan fingerprint density at radius 2 is 2.08 bits per heavy atom. The molecule has 1 fully saturated rings. The van der Waals surface area contributed by atoms with E-state index in [1.165, 1.54) is 12.8 Å². The summed E-state index contributed by atoms with van der Waals surface area (Å²) < 4.78 is 7.73. The molecule has 0 bridgehead atoms. The van der Waals surface area contributed by atoms with Crippen molar-refractivity contribution in [3.05, 3.63) is 70.1 Å². The molecular formula is C28H35ClN6O3. The Bertz CT molecular complexity index is 1260. The monoisotopic (exact) mass is 538 g/mol. The van der Waals surface area contributed by atoms with Gasteiger partial charge in [-0.3, -0.25) is 14.4 Å². The van der Waals surface area contributed by atoms with Gasteiger partial charge in [-0.2, -0.15) is 5.10 Å². The van der Waals surface area contributed by atoms with Crippen LogP contribution < -0.4 is 15.4 Å². The highest BCUT2D eigenvalue weighted by molar-refractivity contribution is 6.33. The maximum Gasteiger partial charge on any atom is 0.251 e. The van der Waals surface area contributed by atoms with Gasteiger partial charge in [0.15, 0.2) is 0 Å². The fourth-order valence-electron chi connectivity index (χ4n) is 5.22. The molecule has 0 radical (unpaired) electrons. The fourth-order valence-corrected chi connectivity index (χ4v) is 5.55. The van der Waals surface area contributed by atoms with Crippen molar-refractivity contribution < 1.29 is 14.6 Å². The van der Waals surface area contributed by atoms with Gasteiger partial charge in [0.2, 0.25) is 0 Å². The summed E-state index contributed by atoms with van der Waals surface area (Å²) in [5, 5.41) is 21.7. The number of pyridine rings is 1. The number of benzene rings is 1. The van der Waals surface area contributed by atoms with Crippen LogP contribution in [0.4, 0.5) is 5.82 Å². The molecule has 3 aromatic rings. The average molecular weight is 539 g/mol. The van der Waals surface area contributed by atoms with Crippen molar-refractivity contribution in [3.63, 3.8) is 0 Å². The smallest absolute Gasteiger partial charge is 0.251 e. The number of aromatic nitrogens is 3. The van der Waals surface area contributed by atoms with Gasteiger partial charge in [0.05, 0.1) is 16.8 Å².